The van der Waals surface area contributed by atoms with Gasteiger partial charge in [-0.15, -0.1) is 0 Å². The molecule has 0 aromatic heterocycles. The van der Waals surface area contributed by atoms with E-state index in [-0.39, 0.29) is 5.54 Å². The van der Waals surface area contributed by atoms with E-state index in [0.717, 1.165) is 25.6 Å². The molecule has 1 saturated carbocycles. The molecule has 0 radical (unpaired) electrons. The molecule has 3 heteroatoms. The first-order chi connectivity index (χ1) is 8.80. The van der Waals surface area contributed by atoms with Gasteiger partial charge in [-0.25, -0.2) is 0 Å². The molecule has 3 nitrogen and oxygen atoms in total. The van der Waals surface area contributed by atoms with Crippen LogP contribution in [0.3, 0.4) is 0 Å². The minimum absolute atomic E-state index is 0.147. The second kappa shape index (κ2) is 6.55. The standard InChI is InChI=1S/C16H34N2O/c1-7-18(14(3)10-19-6)16(12-17)9-13(2)8-15(4,5)11-16/h13-14H,7-12,17H2,1-6H3. The Labute approximate surface area is 119 Å². The first kappa shape index (κ1) is 16.9. The van der Waals surface area contributed by atoms with Crippen LogP contribution in [-0.4, -0.2) is 43.3 Å². The molecule has 0 bridgehead atoms. The molecule has 0 aromatic rings. The van der Waals surface area contributed by atoms with E-state index < -0.39 is 0 Å². The quantitative estimate of drug-likeness (QED) is 0.806. The van der Waals surface area contributed by atoms with Crippen LogP contribution in [0.4, 0.5) is 0 Å². The Morgan fingerprint density at radius 3 is 2.42 bits per heavy atom. The lowest BCUT2D eigenvalue weighted by atomic mass is 9.63. The van der Waals surface area contributed by atoms with Gasteiger partial charge in [0.15, 0.2) is 0 Å². The van der Waals surface area contributed by atoms with Crippen molar-refractivity contribution in [2.45, 2.75) is 65.5 Å². The van der Waals surface area contributed by atoms with E-state index in [1.165, 1.54) is 19.3 Å². The lowest BCUT2D eigenvalue weighted by molar-refractivity contribution is -0.0450. The maximum atomic E-state index is 6.25. The molecule has 0 heterocycles. The lowest BCUT2D eigenvalue weighted by Crippen LogP contribution is -2.62. The van der Waals surface area contributed by atoms with Crippen LogP contribution in [0.1, 0.15) is 53.9 Å². The smallest absolute Gasteiger partial charge is 0.0615 e. The molecular weight excluding hydrogens is 236 g/mol. The summed E-state index contributed by atoms with van der Waals surface area (Å²) in [4.78, 5) is 2.59. The maximum Gasteiger partial charge on any atom is 0.0615 e. The van der Waals surface area contributed by atoms with Gasteiger partial charge >= 0.3 is 0 Å². The second-order valence-corrected chi connectivity index (χ2v) is 7.37. The van der Waals surface area contributed by atoms with Gasteiger partial charge in [0.2, 0.25) is 0 Å². The summed E-state index contributed by atoms with van der Waals surface area (Å²) in [5.41, 5.74) is 6.78. The molecule has 0 aliphatic heterocycles. The maximum absolute atomic E-state index is 6.25. The van der Waals surface area contributed by atoms with Crippen molar-refractivity contribution in [1.82, 2.24) is 4.90 Å². The number of hydrogen-bond acceptors (Lipinski definition) is 3. The molecule has 3 atom stereocenters. The molecular formula is C16H34N2O. The van der Waals surface area contributed by atoms with E-state index in [1.54, 1.807) is 7.11 Å². The van der Waals surface area contributed by atoms with Crippen LogP contribution < -0.4 is 5.73 Å². The van der Waals surface area contributed by atoms with Crippen molar-refractivity contribution in [2.75, 3.05) is 26.8 Å². The second-order valence-electron chi connectivity index (χ2n) is 7.37. The van der Waals surface area contributed by atoms with E-state index in [9.17, 15) is 0 Å². The summed E-state index contributed by atoms with van der Waals surface area (Å²) in [5, 5.41) is 0. The minimum Gasteiger partial charge on any atom is -0.383 e. The van der Waals surface area contributed by atoms with Crippen LogP contribution in [0.5, 0.6) is 0 Å². The van der Waals surface area contributed by atoms with E-state index in [4.69, 9.17) is 10.5 Å². The van der Waals surface area contributed by atoms with Crippen molar-refractivity contribution in [3.63, 3.8) is 0 Å². The van der Waals surface area contributed by atoms with Crippen LogP contribution >= 0.6 is 0 Å². The SMILES string of the molecule is CCN(C(C)COC)C1(CN)CC(C)CC(C)(C)C1. The van der Waals surface area contributed by atoms with Crippen LogP contribution in [0.2, 0.25) is 0 Å². The van der Waals surface area contributed by atoms with Crippen molar-refractivity contribution in [1.29, 1.82) is 0 Å². The highest BCUT2D eigenvalue weighted by atomic mass is 16.5. The largest absolute Gasteiger partial charge is 0.383 e. The van der Waals surface area contributed by atoms with Crippen molar-refractivity contribution in [3.8, 4) is 0 Å². The van der Waals surface area contributed by atoms with Gasteiger partial charge in [0, 0.05) is 25.2 Å². The monoisotopic (exact) mass is 270 g/mol. The first-order valence-electron chi connectivity index (χ1n) is 7.76. The molecule has 0 saturated heterocycles. The Balaban J connectivity index is 2.99. The number of methoxy groups -OCH3 is 1. The van der Waals surface area contributed by atoms with Crippen molar-refractivity contribution in [3.05, 3.63) is 0 Å². The summed E-state index contributed by atoms with van der Waals surface area (Å²) in [6.07, 6.45) is 3.72. The summed E-state index contributed by atoms with van der Waals surface area (Å²) in [6.45, 7) is 14.2. The third kappa shape index (κ3) is 3.93. The molecule has 2 N–H and O–H groups in total. The van der Waals surface area contributed by atoms with Crippen molar-refractivity contribution in [2.24, 2.45) is 17.1 Å². The number of nitrogens with zero attached hydrogens (tertiary/aromatic N) is 1. The van der Waals surface area contributed by atoms with Gasteiger partial charge in [0.1, 0.15) is 0 Å². The van der Waals surface area contributed by atoms with Crippen molar-refractivity contribution >= 4 is 0 Å². The number of rotatable bonds is 6. The molecule has 3 unspecified atom stereocenters. The summed E-state index contributed by atoms with van der Waals surface area (Å²) < 4.78 is 5.36. The lowest BCUT2D eigenvalue weighted by Gasteiger charge is -2.54. The fourth-order valence-electron chi connectivity index (χ4n) is 4.64. The molecule has 0 amide bonds. The average molecular weight is 270 g/mol. The summed E-state index contributed by atoms with van der Waals surface area (Å²) >= 11 is 0. The fourth-order valence-corrected chi connectivity index (χ4v) is 4.64. The highest BCUT2D eigenvalue weighted by molar-refractivity contribution is 5.02. The number of ether oxygens (including phenoxy) is 1. The first-order valence-corrected chi connectivity index (χ1v) is 7.76. The number of nitrogens with two attached hydrogens (primary N) is 1. The Hall–Kier alpha value is -0.120. The summed E-state index contributed by atoms with van der Waals surface area (Å²) in [6, 6.07) is 0.430. The van der Waals surface area contributed by atoms with Crippen LogP contribution in [-0.2, 0) is 4.74 Å². The third-order valence-electron chi connectivity index (χ3n) is 4.71. The topological polar surface area (TPSA) is 38.5 Å². The number of likely N-dealkylation sites (N-methyl/N-ethyl adjacent to an activating group) is 1. The van der Waals surface area contributed by atoms with Gasteiger partial charge in [0.25, 0.3) is 0 Å². The van der Waals surface area contributed by atoms with Gasteiger partial charge in [-0.05, 0) is 44.1 Å². The molecule has 1 fully saturated rings. The predicted octanol–water partition coefficient (Wildman–Crippen LogP) is 2.89. The normalized spacial score (nSPS) is 32.5. The highest BCUT2D eigenvalue weighted by Gasteiger charge is 2.46. The highest BCUT2D eigenvalue weighted by Crippen LogP contribution is 2.46. The van der Waals surface area contributed by atoms with Gasteiger partial charge in [-0.2, -0.15) is 0 Å². The zero-order valence-corrected chi connectivity index (χ0v) is 13.8. The molecule has 0 spiro atoms. The van der Waals surface area contributed by atoms with Gasteiger partial charge in [0.05, 0.1) is 6.61 Å². The van der Waals surface area contributed by atoms with Crippen LogP contribution in [0, 0.1) is 11.3 Å². The van der Waals surface area contributed by atoms with E-state index in [1.807, 2.05) is 0 Å². The van der Waals surface area contributed by atoms with Gasteiger partial charge < -0.3 is 10.5 Å². The molecule has 114 valence electrons. The molecule has 0 aromatic carbocycles. The Kier molecular flexibility index (Phi) is 5.84. The molecule has 1 aliphatic carbocycles. The molecule has 1 aliphatic rings. The van der Waals surface area contributed by atoms with Gasteiger partial charge in [-0.1, -0.05) is 27.7 Å². The minimum atomic E-state index is 0.147. The molecule has 19 heavy (non-hydrogen) atoms. The van der Waals surface area contributed by atoms with Crippen LogP contribution in [0.25, 0.3) is 0 Å². The Bertz CT molecular complexity index is 280. The van der Waals surface area contributed by atoms with Gasteiger partial charge in [-0.3, -0.25) is 4.90 Å². The fraction of sp³-hybridized carbons (Fsp3) is 1.00. The molecule has 1 rings (SSSR count). The summed E-state index contributed by atoms with van der Waals surface area (Å²) in [5.74, 6) is 0.746. The van der Waals surface area contributed by atoms with E-state index in [2.05, 4.69) is 39.5 Å². The van der Waals surface area contributed by atoms with E-state index in [0.29, 0.717) is 11.5 Å². The Morgan fingerprint density at radius 1 is 1.37 bits per heavy atom. The zero-order chi connectivity index (χ0) is 14.7. The zero-order valence-electron chi connectivity index (χ0n) is 13.8. The van der Waals surface area contributed by atoms with E-state index >= 15 is 0 Å². The predicted molar refractivity (Wildman–Crippen MR) is 82.3 cm³/mol. The Morgan fingerprint density at radius 2 is 2.00 bits per heavy atom. The summed E-state index contributed by atoms with van der Waals surface area (Å²) in [7, 11) is 1.78. The van der Waals surface area contributed by atoms with Crippen LogP contribution in [0.15, 0.2) is 0 Å². The third-order valence-corrected chi connectivity index (χ3v) is 4.71. The average Bonchev–Trinajstić information content (AvgIpc) is 2.27. The number of hydrogen-bond donors (Lipinski definition) is 1. The van der Waals surface area contributed by atoms with Crippen molar-refractivity contribution < 1.29 is 4.74 Å².